The fourth-order valence-electron chi connectivity index (χ4n) is 3.99. The van der Waals surface area contributed by atoms with Gasteiger partial charge in [-0.25, -0.2) is 0 Å². The van der Waals surface area contributed by atoms with E-state index in [-0.39, 0.29) is 5.91 Å². The molecule has 188 valence electrons. The normalized spacial score (nSPS) is 16.5. The van der Waals surface area contributed by atoms with Crippen LogP contribution in [0.3, 0.4) is 0 Å². The number of nitrogens with zero attached hydrogens (tertiary/aromatic N) is 4. The van der Waals surface area contributed by atoms with E-state index in [0.29, 0.717) is 13.1 Å². The van der Waals surface area contributed by atoms with Gasteiger partial charge >= 0.3 is 0 Å². The first-order chi connectivity index (χ1) is 16.4. The average molecular weight is 467 g/mol. The SMILES string of the molecule is CC.CC1CCCCC1.CCN=N/N=C(\C)C1=CCCC=C1c1ccc(CN(C)C(C)=O)cc1. The summed E-state index contributed by atoms with van der Waals surface area (Å²) in [6, 6.07) is 8.36. The molecule has 0 aliphatic heterocycles. The molecule has 5 heteroatoms. The zero-order valence-corrected chi connectivity index (χ0v) is 22.6. The molecule has 0 heterocycles. The molecule has 0 spiro atoms. The molecule has 34 heavy (non-hydrogen) atoms. The molecule has 0 unspecified atom stereocenters. The lowest BCUT2D eigenvalue weighted by Gasteiger charge is -2.18. The van der Waals surface area contributed by atoms with Gasteiger partial charge < -0.3 is 4.90 Å². The predicted molar refractivity (Wildman–Crippen MR) is 146 cm³/mol. The third-order valence-electron chi connectivity index (χ3n) is 6.06. The van der Waals surface area contributed by atoms with Gasteiger partial charge in [0.05, 0.1) is 12.3 Å². The van der Waals surface area contributed by atoms with Gasteiger partial charge in [0.2, 0.25) is 5.91 Å². The predicted octanol–water partition coefficient (Wildman–Crippen LogP) is 8.23. The van der Waals surface area contributed by atoms with E-state index in [1.54, 1.807) is 11.8 Å². The standard InChI is InChI=1S/C20H26N4O.C7H14.C2H6/c1-5-21-23-22-15(2)19-8-6-7-9-20(19)18-12-10-17(11-13-18)14-24(4)16(3)25;1-7-5-3-2-4-6-7;1-2/h8-13H,5-7,14H2,1-4H3;7H,2-6H2,1H3;1-2H3/b22-15+,23-21?;;. The van der Waals surface area contributed by atoms with Crippen LogP contribution < -0.4 is 0 Å². The summed E-state index contributed by atoms with van der Waals surface area (Å²) in [7, 11) is 1.81. The van der Waals surface area contributed by atoms with Crippen LogP contribution in [0.2, 0.25) is 0 Å². The third-order valence-corrected chi connectivity index (χ3v) is 6.06. The van der Waals surface area contributed by atoms with E-state index < -0.39 is 0 Å². The second kappa shape index (κ2) is 17.0. The molecule has 3 rings (SSSR count). The van der Waals surface area contributed by atoms with Crippen molar-refractivity contribution in [1.29, 1.82) is 0 Å². The molecular formula is C29H46N4O. The molecule has 5 nitrogen and oxygen atoms in total. The Morgan fingerprint density at radius 3 is 2.15 bits per heavy atom. The van der Waals surface area contributed by atoms with Crippen LogP contribution in [-0.2, 0) is 11.3 Å². The third kappa shape index (κ3) is 10.6. The van der Waals surface area contributed by atoms with Crippen LogP contribution in [0.25, 0.3) is 5.57 Å². The number of rotatable bonds is 6. The lowest BCUT2D eigenvalue weighted by atomic mass is 9.89. The molecular weight excluding hydrogens is 420 g/mol. The van der Waals surface area contributed by atoms with E-state index in [4.69, 9.17) is 0 Å². The minimum atomic E-state index is 0.0670. The molecule has 0 aromatic heterocycles. The summed E-state index contributed by atoms with van der Waals surface area (Å²) in [5, 5.41) is 12.0. The van der Waals surface area contributed by atoms with E-state index in [9.17, 15) is 4.79 Å². The molecule has 1 aromatic carbocycles. The topological polar surface area (TPSA) is 57.4 Å². The Kier molecular flexibility index (Phi) is 14.7. The van der Waals surface area contributed by atoms with E-state index in [1.807, 2.05) is 34.7 Å². The van der Waals surface area contributed by atoms with Crippen molar-refractivity contribution in [3.05, 3.63) is 53.1 Å². The van der Waals surface area contributed by atoms with Crippen LogP contribution in [0.1, 0.15) is 97.6 Å². The van der Waals surface area contributed by atoms with Crippen molar-refractivity contribution < 1.29 is 4.79 Å². The van der Waals surface area contributed by atoms with Gasteiger partial charge in [-0.3, -0.25) is 4.79 Å². The lowest BCUT2D eigenvalue weighted by molar-refractivity contribution is -0.128. The quantitative estimate of drug-likeness (QED) is 0.237. The van der Waals surface area contributed by atoms with Gasteiger partial charge in [-0.2, -0.15) is 5.11 Å². The lowest BCUT2D eigenvalue weighted by Crippen LogP contribution is -2.22. The van der Waals surface area contributed by atoms with Crippen LogP contribution in [0.4, 0.5) is 0 Å². The molecule has 0 N–H and O–H groups in total. The smallest absolute Gasteiger partial charge is 0.219 e. The van der Waals surface area contributed by atoms with Gasteiger partial charge in [0.1, 0.15) is 0 Å². The minimum absolute atomic E-state index is 0.0670. The van der Waals surface area contributed by atoms with Crippen LogP contribution in [0.5, 0.6) is 0 Å². The Labute approximate surface area is 208 Å². The van der Waals surface area contributed by atoms with Gasteiger partial charge in [-0.1, -0.05) is 89.3 Å². The Hall–Kier alpha value is -2.56. The Balaban J connectivity index is 0.000000540. The number of carbonyl (C=O) groups excluding carboxylic acids is 1. The maximum atomic E-state index is 11.4. The number of carbonyl (C=O) groups is 1. The number of hydrogen-bond donors (Lipinski definition) is 0. The van der Waals surface area contributed by atoms with Crippen molar-refractivity contribution >= 4 is 17.2 Å². The first kappa shape index (κ1) is 29.5. The second-order valence-electron chi connectivity index (χ2n) is 8.86. The average Bonchev–Trinajstić information content (AvgIpc) is 2.86. The maximum absolute atomic E-state index is 11.4. The number of benzene rings is 1. The molecule has 1 aromatic rings. The van der Waals surface area contributed by atoms with Crippen LogP contribution in [0, 0.1) is 5.92 Å². The highest BCUT2D eigenvalue weighted by molar-refractivity contribution is 6.12. The van der Waals surface area contributed by atoms with Crippen LogP contribution >= 0.6 is 0 Å². The summed E-state index contributed by atoms with van der Waals surface area (Å²) in [6.45, 7) is 13.1. The highest BCUT2D eigenvalue weighted by Crippen LogP contribution is 2.30. The molecule has 2 aliphatic rings. The molecule has 1 saturated carbocycles. The van der Waals surface area contributed by atoms with E-state index >= 15 is 0 Å². The zero-order valence-electron chi connectivity index (χ0n) is 22.6. The number of hydrogen-bond acceptors (Lipinski definition) is 3. The largest absolute Gasteiger partial charge is 0.342 e. The van der Waals surface area contributed by atoms with Crippen molar-refractivity contribution in [2.75, 3.05) is 13.6 Å². The molecule has 2 aliphatic carbocycles. The van der Waals surface area contributed by atoms with Gasteiger partial charge in [0, 0.05) is 26.1 Å². The summed E-state index contributed by atoms with van der Waals surface area (Å²) in [6.07, 6.45) is 13.9. The summed E-state index contributed by atoms with van der Waals surface area (Å²) in [4.78, 5) is 13.1. The summed E-state index contributed by atoms with van der Waals surface area (Å²) in [5.41, 5.74) is 5.46. The molecule has 1 fully saturated rings. The van der Waals surface area contributed by atoms with Gasteiger partial charge in [0.15, 0.2) is 0 Å². The van der Waals surface area contributed by atoms with E-state index in [1.165, 1.54) is 37.7 Å². The number of amides is 1. The molecule has 0 saturated heterocycles. The highest BCUT2D eigenvalue weighted by atomic mass is 16.2. The summed E-state index contributed by atoms with van der Waals surface area (Å²) < 4.78 is 0. The van der Waals surface area contributed by atoms with Crippen LogP contribution in [0.15, 0.2) is 57.4 Å². The number of allylic oxidation sites excluding steroid dienone is 4. The highest BCUT2D eigenvalue weighted by Gasteiger charge is 2.14. The van der Waals surface area contributed by atoms with Gasteiger partial charge in [-0.15, -0.1) is 5.10 Å². The fraction of sp³-hybridized carbons (Fsp3) is 0.586. The summed E-state index contributed by atoms with van der Waals surface area (Å²) >= 11 is 0. The van der Waals surface area contributed by atoms with Crippen molar-refractivity contribution in [3.8, 4) is 0 Å². The first-order valence-electron chi connectivity index (χ1n) is 13.1. The Morgan fingerprint density at radius 1 is 1.00 bits per heavy atom. The molecule has 1 amide bonds. The minimum Gasteiger partial charge on any atom is -0.342 e. The van der Waals surface area contributed by atoms with Crippen molar-refractivity contribution in [2.24, 2.45) is 21.4 Å². The maximum Gasteiger partial charge on any atom is 0.219 e. The second-order valence-corrected chi connectivity index (χ2v) is 8.86. The van der Waals surface area contributed by atoms with Gasteiger partial charge in [-0.05, 0) is 54.5 Å². The molecule has 0 atom stereocenters. The fourth-order valence-corrected chi connectivity index (χ4v) is 3.99. The van der Waals surface area contributed by atoms with Gasteiger partial charge in [0.25, 0.3) is 0 Å². The Morgan fingerprint density at radius 2 is 1.62 bits per heavy atom. The van der Waals surface area contributed by atoms with Crippen LogP contribution in [-0.4, -0.2) is 30.1 Å². The molecule has 0 radical (unpaired) electrons. The molecule has 0 bridgehead atoms. The summed E-state index contributed by atoms with van der Waals surface area (Å²) in [5.74, 6) is 1.10. The van der Waals surface area contributed by atoms with Crippen molar-refractivity contribution in [3.63, 3.8) is 0 Å². The van der Waals surface area contributed by atoms with E-state index in [0.717, 1.165) is 41.2 Å². The zero-order chi connectivity index (χ0) is 25.3. The Bertz CT molecular complexity index is 843. The monoisotopic (exact) mass is 466 g/mol. The van der Waals surface area contributed by atoms with Crippen molar-refractivity contribution in [2.45, 2.75) is 93.0 Å². The van der Waals surface area contributed by atoms with Crippen molar-refractivity contribution in [1.82, 2.24) is 4.90 Å². The van der Waals surface area contributed by atoms with E-state index in [2.05, 4.69) is 58.8 Å². The first-order valence-corrected chi connectivity index (χ1v) is 13.1.